The molecule has 2 nitrogen and oxygen atoms in total. The molecule has 5 aromatic carbocycles. The Morgan fingerprint density at radius 3 is 2.32 bits per heavy atom. The quantitative estimate of drug-likeness (QED) is 0.168. The van der Waals surface area contributed by atoms with Gasteiger partial charge in [-0.1, -0.05) is 136 Å². The third-order valence-electron chi connectivity index (χ3n) is 13.0. The van der Waals surface area contributed by atoms with E-state index in [-0.39, 0.29) is 5.41 Å². The summed E-state index contributed by atoms with van der Waals surface area (Å²) < 4.78 is 0. The third kappa shape index (κ3) is 5.71. The van der Waals surface area contributed by atoms with Crippen molar-refractivity contribution in [3.63, 3.8) is 0 Å². The van der Waals surface area contributed by atoms with E-state index in [4.69, 9.17) is 0 Å². The summed E-state index contributed by atoms with van der Waals surface area (Å²) in [6.07, 6.45) is 19.5. The molecule has 2 heteroatoms. The predicted octanol–water partition coefficient (Wildman–Crippen LogP) is 13.5. The summed E-state index contributed by atoms with van der Waals surface area (Å²) >= 11 is 0. The van der Waals surface area contributed by atoms with Crippen LogP contribution in [0.4, 0.5) is 22.7 Å². The first-order valence-electron chi connectivity index (χ1n) is 19.6. The van der Waals surface area contributed by atoms with Crippen molar-refractivity contribution < 1.29 is 0 Å². The zero-order valence-electron chi connectivity index (χ0n) is 31.5. The molecule has 0 bridgehead atoms. The van der Waals surface area contributed by atoms with Crippen LogP contribution in [-0.4, -0.2) is 6.04 Å². The number of allylic oxidation sites excluding steroid dienone is 7. The largest absolute Gasteiger partial charge is 0.338 e. The van der Waals surface area contributed by atoms with Crippen LogP contribution >= 0.6 is 0 Å². The molecule has 4 aliphatic rings. The zero-order valence-corrected chi connectivity index (χ0v) is 31.5. The maximum atomic E-state index is 4.01. The molecular weight excluding hydrogens is 641 g/mol. The van der Waals surface area contributed by atoms with Crippen molar-refractivity contribution in [3.05, 3.63) is 186 Å². The van der Waals surface area contributed by atoms with Gasteiger partial charge in [0.05, 0.1) is 5.69 Å². The average molecular weight is 691 g/mol. The second-order valence-electron chi connectivity index (χ2n) is 16.3. The Hall–Kier alpha value is -5.34. The van der Waals surface area contributed by atoms with Gasteiger partial charge in [-0.05, 0) is 126 Å². The lowest BCUT2D eigenvalue weighted by molar-refractivity contribution is 0.211. The van der Waals surface area contributed by atoms with Gasteiger partial charge in [0.25, 0.3) is 0 Å². The van der Waals surface area contributed by atoms with Crippen molar-refractivity contribution in [1.29, 1.82) is 0 Å². The van der Waals surface area contributed by atoms with E-state index in [0.29, 0.717) is 29.7 Å². The number of anilines is 4. The first kappa shape index (κ1) is 33.5. The Bertz CT molecular complexity index is 2310. The molecule has 0 amide bonds. The van der Waals surface area contributed by atoms with Crippen LogP contribution < -0.4 is 9.80 Å². The Kier molecular flexibility index (Phi) is 8.38. The molecule has 0 saturated heterocycles. The van der Waals surface area contributed by atoms with E-state index in [0.717, 1.165) is 17.7 Å². The molecule has 1 fully saturated rings. The normalized spacial score (nSPS) is 23.7. The van der Waals surface area contributed by atoms with Crippen molar-refractivity contribution >= 4 is 39.6 Å². The topological polar surface area (TPSA) is 6.48 Å². The van der Waals surface area contributed by atoms with Crippen LogP contribution in [0.25, 0.3) is 16.8 Å². The summed E-state index contributed by atoms with van der Waals surface area (Å²) in [7, 11) is 0. The Morgan fingerprint density at radius 2 is 1.51 bits per heavy atom. The zero-order chi connectivity index (χ0) is 36.3. The third-order valence-corrected chi connectivity index (χ3v) is 13.0. The van der Waals surface area contributed by atoms with Crippen molar-refractivity contribution in [2.24, 2.45) is 17.8 Å². The van der Waals surface area contributed by atoms with Crippen LogP contribution in [-0.2, 0) is 5.41 Å². The lowest BCUT2D eigenvalue weighted by Gasteiger charge is -2.46. The minimum Gasteiger partial charge on any atom is -0.338 e. The van der Waals surface area contributed by atoms with E-state index in [9.17, 15) is 0 Å². The fraction of sp³-hybridized carbons (Fsp3) is 0.255. The van der Waals surface area contributed by atoms with Gasteiger partial charge in [-0.2, -0.15) is 0 Å². The Labute approximate surface area is 316 Å². The van der Waals surface area contributed by atoms with Gasteiger partial charge < -0.3 is 9.80 Å². The number of benzene rings is 5. The van der Waals surface area contributed by atoms with Crippen LogP contribution in [0.2, 0.25) is 0 Å². The molecule has 5 atom stereocenters. The molecule has 5 aromatic rings. The summed E-state index contributed by atoms with van der Waals surface area (Å²) in [5.74, 6) is 2.03. The molecule has 5 unspecified atom stereocenters. The molecule has 53 heavy (non-hydrogen) atoms. The van der Waals surface area contributed by atoms with E-state index in [1.807, 2.05) is 6.08 Å². The van der Waals surface area contributed by atoms with E-state index < -0.39 is 0 Å². The van der Waals surface area contributed by atoms with Crippen molar-refractivity contribution in [3.8, 4) is 0 Å². The molecule has 0 spiro atoms. The lowest BCUT2D eigenvalue weighted by atomic mass is 9.67. The van der Waals surface area contributed by atoms with Gasteiger partial charge in [0.15, 0.2) is 0 Å². The smallest absolute Gasteiger partial charge is 0.0540 e. The highest BCUT2D eigenvalue weighted by atomic mass is 15.2. The van der Waals surface area contributed by atoms with Crippen LogP contribution in [0.3, 0.4) is 0 Å². The maximum absolute atomic E-state index is 4.01. The molecule has 4 aliphatic carbocycles. The van der Waals surface area contributed by atoms with E-state index in [1.54, 1.807) is 5.56 Å². The van der Waals surface area contributed by atoms with Crippen LogP contribution in [0, 0.1) is 24.7 Å². The number of aryl methyl sites for hydroxylation is 1. The Morgan fingerprint density at radius 1 is 0.755 bits per heavy atom. The number of hydrogen-bond acceptors (Lipinski definition) is 2. The summed E-state index contributed by atoms with van der Waals surface area (Å²) in [6.45, 7) is 13.6. The summed E-state index contributed by atoms with van der Waals surface area (Å²) in [4.78, 5) is 5.19. The van der Waals surface area contributed by atoms with Gasteiger partial charge in [0.2, 0.25) is 0 Å². The first-order chi connectivity index (χ1) is 25.8. The molecule has 0 radical (unpaired) electrons. The second kappa shape index (κ2) is 13.3. The fourth-order valence-corrected chi connectivity index (χ4v) is 10.1. The minimum atomic E-state index is 0.0233. The summed E-state index contributed by atoms with van der Waals surface area (Å²) in [5.41, 5.74) is 13.2. The molecule has 1 saturated carbocycles. The van der Waals surface area contributed by atoms with E-state index >= 15 is 0 Å². The van der Waals surface area contributed by atoms with Crippen molar-refractivity contribution in [2.75, 3.05) is 9.80 Å². The van der Waals surface area contributed by atoms with E-state index in [2.05, 4.69) is 190 Å². The first-order valence-corrected chi connectivity index (χ1v) is 19.6. The van der Waals surface area contributed by atoms with Gasteiger partial charge in [0.1, 0.15) is 0 Å². The number of hydrogen-bond donors (Lipinski definition) is 0. The standard InChI is InChI=1S/C51H50N2/c1-6-36-21-25-39(26-22-36)52(49-17-11-13-37-12-7-8-15-43(37)49)40-27-29-44-45-30-28-41(33-48(45)51(4,5)47(44)32-40)53(38-23-18-34(2)19-24-38)50-31-20-35(3)42-14-9-10-16-46(42)50/h6-27,29,31-32,35,41-42,45,48H,1,28,30,33H2,2-5H3. The van der Waals surface area contributed by atoms with Gasteiger partial charge in [-0.15, -0.1) is 0 Å². The number of nitrogens with zero attached hydrogens (tertiary/aromatic N) is 2. The maximum Gasteiger partial charge on any atom is 0.0540 e. The lowest BCUT2D eigenvalue weighted by Crippen LogP contribution is -2.43. The number of fused-ring (bicyclic) bond motifs is 5. The SMILES string of the molecule is C=Cc1ccc(N(c2ccc3c(c2)C(C)(C)C2CC(N(C4=C5C=CC=CC5C(C)C=C4)c4ccc(C)cc4)CCC32)c2cccc3ccccc23)cc1. The number of rotatable bonds is 7. The molecule has 9 rings (SSSR count). The highest BCUT2D eigenvalue weighted by Gasteiger charge is 2.50. The highest BCUT2D eigenvalue weighted by molar-refractivity contribution is 5.99. The molecule has 0 N–H and O–H groups in total. The molecule has 0 aliphatic heterocycles. The van der Waals surface area contributed by atoms with Crippen molar-refractivity contribution in [2.45, 2.75) is 64.3 Å². The summed E-state index contributed by atoms with van der Waals surface area (Å²) in [5, 5.41) is 2.50. The van der Waals surface area contributed by atoms with Gasteiger partial charge in [-0.25, -0.2) is 0 Å². The van der Waals surface area contributed by atoms with Crippen molar-refractivity contribution in [1.82, 2.24) is 0 Å². The second-order valence-corrected chi connectivity index (χ2v) is 16.3. The van der Waals surface area contributed by atoms with Gasteiger partial charge >= 0.3 is 0 Å². The average Bonchev–Trinajstić information content (AvgIpc) is 3.42. The van der Waals surface area contributed by atoms with Crippen LogP contribution in [0.1, 0.15) is 68.2 Å². The predicted molar refractivity (Wildman–Crippen MR) is 226 cm³/mol. The molecule has 0 aromatic heterocycles. The molecule has 0 heterocycles. The highest BCUT2D eigenvalue weighted by Crippen LogP contribution is 2.58. The molecule has 264 valence electrons. The fourth-order valence-electron chi connectivity index (χ4n) is 10.1. The molecular formula is C51H50N2. The Balaban J connectivity index is 1.11. The van der Waals surface area contributed by atoms with Gasteiger partial charge in [0, 0.05) is 40.1 Å². The van der Waals surface area contributed by atoms with Crippen LogP contribution in [0.5, 0.6) is 0 Å². The van der Waals surface area contributed by atoms with Gasteiger partial charge in [-0.3, -0.25) is 0 Å². The van der Waals surface area contributed by atoms with Crippen LogP contribution in [0.15, 0.2) is 163 Å². The van der Waals surface area contributed by atoms with E-state index in [1.165, 1.54) is 63.1 Å². The monoisotopic (exact) mass is 690 g/mol. The minimum absolute atomic E-state index is 0.0233. The summed E-state index contributed by atoms with van der Waals surface area (Å²) in [6, 6.07) is 41.3.